The van der Waals surface area contributed by atoms with E-state index >= 15 is 0 Å². The minimum Gasteiger partial charge on any atom is -0.480 e. The number of nitrogens with two attached hydrogens (primary N) is 5. The number of aliphatic hydroxyl groups is 1. The van der Waals surface area contributed by atoms with Gasteiger partial charge in [0, 0.05) is 13.0 Å². The summed E-state index contributed by atoms with van der Waals surface area (Å²) in [6, 6.07) is 7.56. The zero-order valence-corrected chi connectivity index (χ0v) is 37.0. The number of unbranched alkanes of at least 4 members (excludes halogenated alkanes) is 1. The van der Waals surface area contributed by atoms with Gasteiger partial charge < -0.3 is 70.8 Å². The van der Waals surface area contributed by atoms with Gasteiger partial charge in [-0.2, -0.15) is 0 Å². The molecule has 0 heterocycles. The number of guanidine groups is 1. The molecule has 0 bridgehead atoms. The van der Waals surface area contributed by atoms with Crippen LogP contribution in [0.15, 0.2) is 65.7 Å². The van der Waals surface area contributed by atoms with Gasteiger partial charge in [0.25, 0.3) is 0 Å². The van der Waals surface area contributed by atoms with E-state index in [1.807, 2.05) is 0 Å². The number of carboxylic acid groups (broad SMARTS) is 1. The van der Waals surface area contributed by atoms with Crippen LogP contribution in [0, 0.1) is 5.92 Å². The fourth-order valence-corrected chi connectivity index (χ4v) is 6.47. The van der Waals surface area contributed by atoms with Crippen molar-refractivity contribution in [1.29, 1.82) is 0 Å². The summed E-state index contributed by atoms with van der Waals surface area (Å²) < 4.78 is 0. The number of nitrogens with one attached hydrogen (secondary N) is 6. The van der Waals surface area contributed by atoms with E-state index in [9.17, 15) is 48.6 Å². The Bertz CT molecular complexity index is 1910. The van der Waals surface area contributed by atoms with Gasteiger partial charge in [-0.15, -0.1) is 0 Å². The summed E-state index contributed by atoms with van der Waals surface area (Å²) in [5.41, 5.74) is 29.4. The molecule has 8 atom stereocenters. The number of amides is 7. The van der Waals surface area contributed by atoms with Gasteiger partial charge in [0.15, 0.2) is 5.96 Å². The Morgan fingerprint density at radius 1 is 0.585 bits per heavy atom. The highest BCUT2D eigenvalue weighted by Crippen LogP contribution is 2.11. The Labute approximate surface area is 378 Å². The number of benzene rings is 2. The maximum Gasteiger partial charge on any atom is 0.326 e. The molecule has 2 aromatic carbocycles. The lowest BCUT2D eigenvalue weighted by molar-refractivity contribution is -0.143. The van der Waals surface area contributed by atoms with Crippen molar-refractivity contribution in [2.75, 3.05) is 13.1 Å². The summed E-state index contributed by atoms with van der Waals surface area (Å²) in [6.07, 6.45) is -1.24. The molecule has 65 heavy (non-hydrogen) atoms. The molecule has 0 radical (unpaired) electrons. The first-order valence-electron chi connectivity index (χ1n) is 21.3. The van der Waals surface area contributed by atoms with Crippen LogP contribution in [0.1, 0.15) is 70.4 Å². The van der Waals surface area contributed by atoms with Crippen molar-refractivity contribution in [3.05, 3.63) is 71.8 Å². The Balaban J connectivity index is 2.40. The van der Waals surface area contributed by atoms with Crippen molar-refractivity contribution in [3.63, 3.8) is 0 Å². The number of aliphatic hydroxyl groups excluding tert-OH is 1. The van der Waals surface area contributed by atoms with E-state index in [1.54, 1.807) is 74.5 Å². The number of aliphatic carboxylic acids is 1. The minimum atomic E-state index is -1.69. The first kappa shape index (κ1) is 54.5. The molecule has 0 saturated heterocycles. The number of hydrogen-bond donors (Lipinski definition) is 13. The third-order valence-electron chi connectivity index (χ3n) is 10.0. The molecule has 0 aliphatic heterocycles. The summed E-state index contributed by atoms with van der Waals surface area (Å²) in [4.78, 5) is 110. The Kier molecular flexibility index (Phi) is 23.6. The van der Waals surface area contributed by atoms with Gasteiger partial charge in [0.05, 0.1) is 18.6 Å². The molecular weight excluding hydrogens is 845 g/mol. The third kappa shape index (κ3) is 20.2. The van der Waals surface area contributed by atoms with Gasteiger partial charge in [-0.1, -0.05) is 74.5 Å². The molecule has 0 saturated carbocycles. The van der Waals surface area contributed by atoms with Gasteiger partial charge in [0.1, 0.15) is 36.3 Å². The van der Waals surface area contributed by atoms with E-state index in [4.69, 9.17) is 28.7 Å². The first-order valence-corrected chi connectivity index (χ1v) is 21.3. The number of hydrogen-bond acceptors (Lipinski definition) is 12. The zero-order valence-electron chi connectivity index (χ0n) is 37.0. The lowest BCUT2D eigenvalue weighted by Gasteiger charge is -2.28. The second-order valence-corrected chi connectivity index (χ2v) is 15.9. The molecule has 0 unspecified atom stereocenters. The molecule has 0 aliphatic carbocycles. The van der Waals surface area contributed by atoms with E-state index in [0.29, 0.717) is 24.9 Å². The molecular formula is C43H66N12O10. The second kappa shape index (κ2) is 28.2. The Morgan fingerprint density at radius 3 is 1.58 bits per heavy atom. The average Bonchev–Trinajstić information content (AvgIpc) is 3.24. The van der Waals surface area contributed by atoms with Crippen LogP contribution in [-0.2, 0) is 51.2 Å². The fraction of sp³-hybridized carbons (Fsp3) is 0.512. The number of carbonyl (C=O) groups excluding carboxylic acids is 7. The molecule has 0 spiro atoms. The zero-order chi connectivity index (χ0) is 48.6. The summed E-state index contributed by atoms with van der Waals surface area (Å²) >= 11 is 0. The number of nitrogens with zero attached hydrogens (tertiary/aromatic N) is 1. The molecule has 22 heteroatoms. The molecule has 18 N–H and O–H groups in total. The number of primary amides is 1. The maximum absolute atomic E-state index is 14.2. The predicted molar refractivity (Wildman–Crippen MR) is 241 cm³/mol. The van der Waals surface area contributed by atoms with Crippen LogP contribution in [0.2, 0.25) is 0 Å². The molecule has 358 valence electrons. The van der Waals surface area contributed by atoms with Crippen molar-refractivity contribution < 1.29 is 48.6 Å². The standard InChI is InChI=1S/C43H66N12O10/c1-24(2)34(40(62)51-30(42(64)65)17-10-11-19-44)54-39(61)32(23-33(46)57)52-37(59)29(18-12-20-49-43(47)48)50-38(60)31(22-27-15-8-5-9-16-27)53-41(63)35(25(3)56)55-36(58)28(45)21-26-13-6-4-7-14-26/h4-9,13-16,24-25,28-32,34-35,56H,10-12,17-23,44-45H2,1-3H3,(H2,46,57)(H,50,60)(H,51,62)(H,52,59)(H,53,63)(H,54,61)(H,55,58)(H,64,65)(H4,47,48,49)/t25-,28+,29+,30+,31+,32+,34+,35+/m1/s1. The van der Waals surface area contributed by atoms with Gasteiger partial charge >= 0.3 is 5.97 Å². The number of aliphatic imine (C=N–C) groups is 1. The Morgan fingerprint density at radius 2 is 1.06 bits per heavy atom. The van der Waals surface area contributed by atoms with Crippen LogP contribution in [0.3, 0.4) is 0 Å². The molecule has 2 aromatic rings. The molecule has 7 amide bonds. The van der Waals surface area contributed by atoms with Gasteiger partial charge in [-0.05, 0) is 69.0 Å². The highest BCUT2D eigenvalue weighted by molar-refractivity contribution is 5.98. The highest BCUT2D eigenvalue weighted by atomic mass is 16.4. The summed E-state index contributed by atoms with van der Waals surface area (Å²) in [6.45, 7) is 4.76. The van der Waals surface area contributed by atoms with E-state index in [2.05, 4.69) is 36.9 Å². The van der Waals surface area contributed by atoms with E-state index in [0.717, 1.165) is 5.56 Å². The predicted octanol–water partition coefficient (Wildman–Crippen LogP) is -3.11. The topological polar surface area (TPSA) is 392 Å². The van der Waals surface area contributed by atoms with Crippen LogP contribution >= 0.6 is 0 Å². The highest BCUT2D eigenvalue weighted by Gasteiger charge is 2.35. The van der Waals surface area contributed by atoms with Crippen molar-refractivity contribution in [1.82, 2.24) is 31.9 Å². The molecule has 0 fully saturated rings. The Hall–Kier alpha value is -6.65. The summed E-state index contributed by atoms with van der Waals surface area (Å²) in [5, 5.41) is 35.2. The van der Waals surface area contributed by atoms with Crippen molar-refractivity contribution >= 4 is 53.3 Å². The number of carbonyl (C=O) groups is 8. The van der Waals surface area contributed by atoms with Gasteiger partial charge in [-0.25, -0.2) is 4.79 Å². The minimum absolute atomic E-state index is 0.00821. The van der Waals surface area contributed by atoms with Crippen LogP contribution < -0.4 is 60.6 Å². The van der Waals surface area contributed by atoms with E-state index < -0.39 is 108 Å². The number of carboxylic acids is 1. The third-order valence-corrected chi connectivity index (χ3v) is 10.0. The number of rotatable bonds is 29. The second-order valence-electron chi connectivity index (χ2n) is 15.9. The van der Waals surface area contributed by atoms with Crippen LogP contribution in [-0.4, -0.2) is 125 Å². The largest absolute Gasteiger partial charge is 0.480 e. The smallest absolute Gasteiger partial charge is 0.326 e. The van der Waals surface area contributed by atoms with Gasteiger partial charge in [-0.3, -0.25) is 38.6 Å². The normalized spacial score (nSPS) is 14.7. The lowest BCUT2D eigenvalue weighted by atomic mass is 10.0. The molecule has 0 aliphatic rings. The van der Waals surface area contributed by atoms with E-state index in [1.165, 1.54) is 6.92 Å². The first-order chi connectivity index (χ1) is 30.7. The summed E-state index contributed by atoms with van der Waals surface area (Å²) in [5.74, 6) is -8.57. The SMILES string of the molecule is CC(C)[C@H](NC(=O)[C@H](CC(N)=O)NC(=O)[C@H](CCCN=C(N)N)NC(=O)[C@H](Cc1ccccc1)NC(=O)[C@@H](NC(=O)[C@@H](N)Cc1ccccc1)[C@@H](C)O)C(=O)N[C@@H](CCCCN)C(=O)O. The van der Waals surface area contributed by atoms with Crippen molar-refractivity contribution in [2.24, 2.45) is 39.6 Å². The maximum atomic E-state index is 14.2. The fourth-order valence-electron chi connectivity index (χ4n) is 6.47. The van der Waals surface area contributed by atoms with Crippen LogP contribution in [0.25, 0.3) is 0 Å². The van der Waals surface area contributed by atoms with Crippen LogP contribution in [0.5, 0.6) is 0 Å². The van der Waals surface area contributed by atoms with E-state index in [-0.39, 0.29) is 44.6 Å². The van der Waals surface area contributed by atoms with Crippen LogP contribution in [0.4, 0.5) is 0 Å². The average molecular weight is 911 g/mol. The lowest BCUT2D eigenvalue weighted by Crippen LogP contribution is -2.61. The quantitative estimate of drug-likeness (QED) is 0.0218. The van der Waals surface area contributed by atoms with Crippen molar-refractivity contribution in [3.8, 4) is 0 Å². The molecule has 2 rings (SSSR count). The van der Waals surface area contributed by atoms with Crippen molar-refractivity contribution in [2.45, 2.75) is 121 Å². The molecule has 22 nitrogen and oxygen atoms in total. The van der Waals surface area contributed by atoms with Gasteiger partial charge in [0.2, 0.25) is 41.4 Å². The monoisotopic (exact) mass is 911 g/mol. The summed E-state index contributed by atoms with van der Waals surface area (Å²) in [7, 11) is 0. The molecule has 0 aromatic heterocycles.